The molecule has 3 nitrogen and oxygen atoms in total. The number of para-hydroxylation sites is 1. The highest BCUT2D eigenvalue weighted by Crippen LogP contribution is 2.26. The molecule has 1 aromatic heterocycles. The number of ketones is 1. The molecule has 0 amide bonds. The number of likely N-dealkylation sites (tertiary alicyclic amines) is 1. The van der Waals surface area contributed by atoms with E-state index >= 15 is 0 Å². The minimum absolute atomic E-state index is 0.112. The monoisotopic (exact) mass is 346 g/mol. The van der Waals surface area contributed by atoms with Crippen LogP contribution in [0.4, 0.5) is 0 Å². The summed E-state index contributed by atoms with van der Waals surface area (Å²) in [5.41, 5.74) is 3.85. The quantitative estimate of drug-likeness (QED) is 0.642. The van der Waals surface area contributed by atoms with Crippen LogP contribution < -0.4 is 0 Å². The second kappa shape index (κ2) is 7.08. The lowest BCUT2D eigenvalue weighted by Gasteiger charge is -2.32. The highest BCUT2D eigenvalue weighted by atomic mass is 16.1. The van der Waals surface area contributed by atoms with Crippen molar-refractivity contribution in [3.8, 4) is 0 Å². The van der Waals surface area contributed by atoms with Gasteiger partial charge in [-0.25, -0.2) is 0 Å². The highest BCUT2D eigenvalue weighted by molar-refractivity contribution is 6.16. The van der Waals surface area contributed by atoms with Gasteiger partial charge in [0.1, 0.15) is 0 Å². The van der Waals surface area contributed by atoms with Crippen LogP contribution in [0.25, 0.3) is 10.9 Å². The molecule has 0 aliphatic carbocycles. The third-order valence-electron chi connectivity index (χ3n) is 5.64. The first kappa shape index (κ1) is 17.0. The fourth-order valence-corrected chi connectivity index (χ4v) is 4.12. The van der Waals surface area contributed by atoms with Crippen LogP contribution in [0.3, 0.4) is 0 Å². The summed E-state index contributed by atoms with van der Waals surface area (Å²) in [7, 11) is 2.22. The van der Waals surface area contributed by atoms with Crippen LogP contribution in [0, 0.1) is 6.92 Å². The van der Waals surface area contributed by atoms with Gasteiger partial charge in [-0.3, -0.25) is 4.79 Å². The summed E-state index contributed by atoms with van der Waals surface area (Å²) in [6.07, 6.45) is 5.88. The van der Waals surface area contributed by atoms with Crippen molar-refractivity contribution in [3.05, 3.63) is 71.4 Å². The molecule has 0 N–H and O–H groups in total. The predicted octanol–water partition coefficient (Wildman–Crippen LogP) is 4.67. The normalized spacial score (nSPS) is 18.3. The van der Waals surface area contributed by atoms with Gasteiger partial charge >= 0.3 is 0 Å². The number of fused-ring (bicyclic) bond motifs is 1. The predicted molar refractivity (Wildman–Crippen MR) is 107 cm³/mol. The minimum Gasteiger partial charge on any atom is -0.345 e. The SMILES string of the molecule is Cc1cccc(C(=O)c2cn(CC3CCCCN3C)c3ccccc23)c1. The van der Waals surface area contributed by atoms with Gasteiger partial charge in [0.05, 0.1) is 0 Å². The molecule has 0 saturated carbocycles. The molecule has 3 aromatic rings. The number of nitrogens with zero attached hydrogens (tertiary/aromatic N) is 2. The Morgan fingerprint density at radius 1 is 1.12 bits per heavy atom. The molecule has 0 radical (unpaired) electrons. The molecule has 1 aliphatic heterocycles. The summed E-state index contributed by atoms with van der Waals surface area (Å²) in [4.78, 5) is 15.6. The summed E-state index contributed by atoms with van der Waals surface area (Å²) in [6.45, 7) is 4.13. The number of aryl methyl sites for hydroxylation is 1. The zero-order valence-electron chi connectivity index (χ0n) is 15.6. The molecule has 1 fully saturated rings. The molecule has 26 heavy (non-hydrogen) atoms. The third kappa shape index (κ3) is 3.19. The molecule has 1 unspecified atom stereocenters. The molecular formula is C23H26N2O. The number of carbonyl (C=O) groups excluding carboxylic acids is 1. The summed E-state index contributed by atoms with van der Waals surface area (Å²) in [5, 5.41) is 1.05. The molecule has 0 spiro atoms. The Balaban J connectivity index is 1.73. The maximum Gasteiger partial charge on any atom is 0.195 e. The summed E-state index contributed by atoms with van der Waals surface area (Å²) >= 11 is 0. The van der Waals surface area contributed by atoms with Gasteiger partial charge in [0.25, 0.3) is 0 Å². The Morgan fingerprint density at radius 2 is 1.96 bits per heavy atom. The van der Waals surface area contributed by atoms with Crippen LogP contribution in [0.2, 0.25) is 0 Å². The lowest BCUT2D eigenvalue weighted by atomic mass is 10.0. The zero-order chi connectivity index (χ0) is 18.1. The standard InChI is InChI=1S/C23H26N2O/c1-17-8-7-9-18(14-17)23(26)21-16-25(22-12-4-3-11-20(21)22)15-19-10-5-6-13-24(19)2/h3-4,7-9,11-12,14,16,19H,5-6,10,13,15H2,1-2H3. The Labute approximate surface area is 155 Å². The van der Waals surface area contributed by atoms with E-state index in [-0.39, 0.29) is 5.78 Å². The number of carbonyl (C=O) groups is 1. The second-order valence-electron chi connectivity index (χ2n) is 7.54. The molecule has 4 rings (SSSR count). The van der Waals surface area contributed by atoms with Crippen LogP contribution in [-0.2, 0) is 6.54 Å². The maximum atomic E-state index is 13.2. The van der Waals surface area contributed by atoms with Crippen molar-refractivity contribution in [2.45, 2.75) is 38.8 Å². The minimum atomic E-state index is 0.112. The molecule has 2 heterocycles. The number of benzene rings is 2. The Kier molecular flexibility index (Phi) is 4.64. The average Bonchev–Trinajstić information content (AvgIpc) is 3.02. The maximum absolute atomic E-state index is 13.2. The Bertz CT molecular complexity index is 940. The van der Waals surface area contributed by atoms with Gasteiger partial charge in [0.15, 0.2) is 5.78 Å². The van der Waals surface area contributed by atoms with E-state index < -0.39 is 0 Å². The number of hydrogen-bond acceptors (Lipinski definition) is 2. The fraction of sp³-hybridized carbons (Fsp3) is 0.348. The average molecular weight is 346 g/mol. The largest absolute Gasteiger partial charge is 0.345 e. The second-order valence-corrected chi connectivity index (χ2v) is 7.54. The molecule has 2 aromatic carbocycles. The first-order valence-electron chi connectivity index (χ1n) is 9.53. The molecule has 3 heteroatoms. The van der Waals surface area contributed by atoms with Crippen molar-refractivity contribution >= 4 is 16.7 Å². The number of rotatable bonds is 4. The lowest BCUT2D eigenvalue weighted by Crippen LogP contribution is -2.39. The first-order valence-corrected chi connectivity index (χ1v) is 9.53. The van der Waals surface area contributed by atoms with Crippen molar-refractivity contribution < 1.29 is 4.79 Å². The Morgan fingerprint density at radius 3 is 2.77 bits per heavy atom. The molecular weight excluding hydrogens is 320 g/mol. The van der Waals surface area contributed by atoms with Gasteiger partial charge in [-0.1, -0.05) is 48.4 Å². The topological polar surface area (TPSA) is 25.2 Å². The van der Waals surface area contributed by atoms with E-state index in [2.05, 4.69) is 40.9 Å². The summed E-state index contributed by atoms with van der Waals surface area (Å²) in [6, 6.07) is 16.7. The smallest absolute Gasteiger partial charge is 0.195 e. The van der Waals surface area contributed by atoms with Crippen LogP contribution in [-0.4, -0.2) is 34.9 Å². The lowest BCUT2D eigenvalue weighted by molar-refractivity contribution is 0.103. The van der Waals surface area contributed by atoms with Crippen LogP contribution in [0.5, 0.6) is 0 Å². The van der Waals surface area contributed by atoms with Crippen LogP contribution in [0.15, 0.2) is 54.7 Å². The van der Waals surface area contributed by atoms with E-state index in [1.807, 2.05) is 37.3 Å². The van der Waals surface area contributed by atoms with E-state index in [1.165, 1.54) is 25.8 Å². The number of aromatic nitrogens is 1. The van der Waals surface area contributed by atoms with E-state index in [1.54, 1.807) is 0 Å². The van der Waals surface area contributed by atoms with E-state index in [0.29, 0.717) is 6.04 Å². The molecule has 1 atom stereocenters. The number of hydrogen-bond donors (Lipinski definition) is 0. The molecule has 134 valence electrons. The molecule has 0 bridgehead atoms. The van der Waals surface area contributed by atoms with Crippen LogP contribution in [0.1, 0.15) is 40.7 Å². The fourth-order valence-electron chi connectivity index (χ4n) is 4.12. The zero-order valence-corrected chi connectivity index (χ0v) is 15.6. The summed E-state index contributed by atoms with van der Waals surface area (Å²) in [5.74, 6) is 0.112. The van der Waals surface area contributed by atoms with Crippen molar-refractivity contribution in [3.63, 3.8) is 0 Å². The van der Waals surface area contributed by atoms with Crippen molar-refractivity contribution in [1.82, 2.24) is 9.47 Å². The van der Waals surface area contributed by atoms with Crippen LogP contribution >= 0.6 is 0 Å². The Hall–Kier alpha value is -2.39. The van der Waals surface area contributed by atoms with Gasteiger partial charge in [-0.2, -0.15) is 0 Å². The highest BCUT2D eigenvalue weighted by Gasteiger charge is 2.22. The van der Waals surface area contributed by atoms with E-state index in [9.17, 15) is 4.79 Å². The van der Waals surface area contributed by atoms with Gasteiger partial charge in [0.2, 0.25) is 0 Å². The third-order valence-corrected chi connectivity index (χ3v) is 5.64. The van der Waals surface area contributed by atoms with Crippen molar-refractivity contribution in [2.24, 2.45) is 0 Å². The van der Waals surface area contributed by atoms with Gasteiger partial charge < -0.3 is 9.47 Å². The molecule has 1 aliphatic rings. The van der Waals surface area contributed by atoms with Crippen molar-refractivity contribution in [2.75, 3.05) is 13.6 Å². The van der Waals surface area contributed by atoms with Gasteiger partial charge in [0, 0.05) is 40.8 Å². The number of piperidine rings is 1. The van der Waals surface area contributed by atoms with Gasteiger partial charge in [-0.05, 0) is 45.5 Å². The van der Waals surface area contributed by atoms with E-state index in [0.717, 1.165) is 34.1 Å². The van der Waals surface area contributed by atoms with E-state index in [4.69, 9.17) is 0 Å². The summed E-state index contributed by atoms with van der Waals surface area (Å²) < 4.78 is 2.28. The first-order chi connectivity index (χ1) is 12.6. The molecule has 1 saturated heterocycles. The van der Waals surface area contributed by atoms with Crippen molar-refractivity contribution in [1.29, 1.82) is 0 Å². The van der Waals surface area contributed by atoms with Gasteiger partial charge in [-0.15, -0.1) is 0 Å². The number of likely N-dealkylation sites (N-methyl/N-ethyl adjacent to an activating group) is 1.